The van der Waals surface area contributed by atoms with Crippen LogP contribution in [-0.4, -0.2) is 42.9 Å². The molecule has 0 saturated carbocycles. The van der Waals surface area contributed by atoms with Crippen LogP contribution in [0.4, 0.5) is 0 Å². The van der Waals surface area contributed by atoms with Gasteiger partial charge in [-0.2, -0.15) is 0 Å². The third-order valence-electron chi connectivity index (χ3n) is 4.72. The van der Waals surface area contributed by atoms with Crippen molar-refractivity contribution in [2.24, 2.45) is 11.7 Å². The van der Waals surface area contributed by atoms with E-state index in [-0.39, 0.29) is 0 Å². The highest BCUT2D eigenvalue weighted by atomic mass is 16.5. The summed E-state index contributed by atoms with van der Waals surface area (Å²) < 4.78 is 5.82. The van der Waals surface area contributed by atoms with E-state index >= 15 is 0 Å². The SMILES string of the molecule is C=C=C(N)c1ccc(OCCCC2CCN(CCCO)CC2)cc1. The Balaban J connectivity index is 1.61. The number of aliphatic hydroxyl groups is 1. The lowest BCUT2D eigenvalue weighted by molar-refractivity contribution is 0.158. The van der Waals surface area contributed by atoms with E-state index in [1.807, 2.05) is 24.3 Å². The summed E-state index contributed by atoms with van der Waals surface area (Å²) in [6.07, 6.45) is 5.77. The molecular formula is C20H30N2O2. The Bertz CT molecular complexity index is 527. The van der Waals surface area contributed by atoms with Crippen molar-refractivity contribution in [3.63, 3.8) is 0 Å². The number of hydrogen-bond acceptors (Lipinski definition) is 4. The Morgan fingerprint density at radius 2 is 1.96 bits per heavy atom. The Kier molecular flexibility index (Phi) is 7.90. The number of rotatable bonds is 9. The normalized spacial score (nSPS) is 15.9. The zero-order valence-corrected chi connectivity index (χ0v) is 14.5. The number of likely N-dealkylation sites (tertiary alicyclic amines) is 1. The highest BCUT2D eigenvalue weighted by Gasteiger charge is 2.18. The molecule has 0 bridgehead atoms. The maximum Gasteiger partial charge on any atom is 0.119 e. The molecule has 3 N–H and O–H groups in total. The minimum atomic E-state index is 0.300. The summed E-state index contributed by atoms with van der Waals surface area (Å²) in [6.45, 7) is 7.99. The quantitative estimate of drug-likeness (QED) is 0.540. The molecule has 1 aromatic carbocycles. The van der Waals surface area contributed by atoms with Crippen LogP contribution in [0.25, 0.3) is 5.70 Å². The standard InChI is InChI=1S/C20H30N2O2/c1-2-20(21)18-6-8-19(9-7-18)24-16-3-5-17-10-13-22(14-11-17)12-4-15-23/h6-9,17,23H,1,3-5,10-16,21H2. The number of nitrogens with zero attached hydrogens (tertiary/aromatic N) is 1. The third kappa shape index (κ3) is 6.04. The summed E-state index contributed by atoms with van der Waals surface area (Å²) in [5.41, 5.74) is 9.95. The molecule has 0 radical (unpaired) electrons. The number of nitrogens with two attached hydrogens (primary N) is 1. The van der Waals surface area contributed by atoms with E-state index in [2.05, 4.69) is 17.2 Å². The molecule has 0 atom stereocenters. The maximum absolute atomic E-state index is 8.89. The zero-order valence-electron chi connectivity index (χ0n) is 14.5. The molecule has 1 fully saturated rings. The molecule has 1 aliphatic heterocycles. The van der Waals surface area contributed by atoms with E-state index in [1.165, 1.54) is 32.4 Å². The summed E-state index contributed by atoms with van der Waals surface area (Å²) in [7, 11) is 0. The van der Waals surface area contributed by atoms with Gasteiger partial charge in [0.1, 0.15) is 5.75 Å². The predicted molar refractivity (Wildman–Crippen MR) is 98.8 cm³/mol. The van der Waals surface area contributed by atoms with Crippen LogP contribution < -0.4 is 10.5 Å². The van der Waals surface area contributed by atoms with Gasteiger partial charge in [-0.15, -0.1) is 5.73 Å². The van der Waals surface area contributed by atoms with Crippen LogP contribution in [-0.2, 0) is 0 Å². The fourth-order valence-electron chi connectivity index (χ4n) is 3.19. The number of piperidine rings is 1. The fraction of sp³-hybridized carbons (Fsp3) is 0.550. The summed E-state index contributed by atoms with van der Waals surface area (Å²) in [4.78, 5) is 2.47. The summed E-state index contributed by atoms with van der Waals surface area (Å²) in [5.74, 6) is 1.70. The molecule has 4 heteroatoms. The number of aliphatic hydroxyl groups excluding tert-OH is 1. The molecule has 0 amide bonds. The van der Waals surface area contributed by atoms with Gasteiger partial charge >= 0.3 is 0 Å². The summed E-state index contributed by atoms with van der Waals surface area (Å²) >= 11 is 0. The van der Waals surface area contributed by atoms with Gasteiger partial charge in [0.25, 0.3) is 0 Å². The lowest BCUT2D eigenvalue weighted by Crippen LogP contribution is -2.34. The van der Waals surface area contributed by atoms with Gasteiger partial charge in [-0.1, -0.05) is 6.58 Å². The van der Waals surface area contributed by atoms with Crippen LogP contribution in [0.2, 0.25) is 0 Å². The Morgan fingerprint density at radius 1 is 1.25 bits per heavy atom. The highest BCUT2D eigenvalue weighted by Crippen LogP contribution is 2.22. The van der Waals surface area contributed by atoms with Crippen molar-refractivity contribution < 1.29 is 9.84 Å². The molecule has 0 unspecified atom stereocenters. The van der Waals surface area contributed by atoms with Crippen molar-refractivity contribution in [3.8, 4) is 5.75 Å². The highest BCUT2D eigenvalue weighted by molar-refractivity contribution is 5.62. The molecule has 1 aliphatic rings. The average molecular weight is 330 g/mol. The van der Waals surface area contributed by atoms with Crippen molar-refractivity contribution in [2.45, 2.75) is 32.1 Å². The second kappa shape index (κ2) is 10.2. The van der Waals surface area contributed by atoms with E-state index in [0.717, 1.165) is 43.2 Å². The van der Waals surface area contributed by atoms with Gasteiger partial charge in [0, 0.05) is 18.7 Å². The van der Waals surface area contributed by atoms with Crippen LogP contribution in [0.15, 0.2) is 36.6 Å². The number of hydrogen-bond donors (Lipinski definition) is 2. The minimum Gasteiger partial charge on any atom is -0.494 e. The van der Waals surface area contributed by atoms with Gasteiger partial charge in [0.15, 0.2) is 0 Å². The van der Waals surface area contributed by atoms with Gasteiger partial charge in [-0.25, -0.2) is 0 Å². The summed E-state index contributed by atoms with van der Waals surface area (Å²) in [6, 6.07) is 7.76. The molecule has 132 valence electrons. The van der Waals surface area contributed by atoms with Crippen molar-refractivity contribution in [2.75, 3.05) is 32.8 Å². The maximum atomic E-state index is 8.89. The first kappa shape index (κ1) is 18.6. The van der Waals surface area contributed by atoms with Crippen molar-refractivity contribution in [1.29, 1.82) is 0 Å². The molecule has 24 heavy (non-hydrogen) atoms. The lowest BCUT2D eigenvalue weighted by atomic mass is 9.92. The van der Waals surface area contributed by atoms with Gasteiger partial charge in [0.2, 0.25) is 0 Å². The molecule has 4 nitrogen and oxygen atoms in total. The molecule has 2 rings (SSSR count). The largest absolute Gasteiger partial charge is 0.494 e. The molecule has 0 aliphatic carbocycles. The summed E-state index contributed by atoms with van der Waals surface area (Å²) in [5, 5.41) is 8.89. The molecule has 0 aromatic heterocycles. The van der Waals surface area contributed by atoms with E-state index in [1.54, 1.807) is 0 Å². The molecular weight excluding hydrogens is 300 g/mol. The molecule has 1 heterocycles. The Morgan fingerprint density at radius 3 is 2.58 bits per heavy atom. The predicted octanol–water partition coefficient (Wildman–Crippen LogP) is 3.02. The first-order chi connectivity index (χ1) is 11.7. The van der Waals surface area contributed by atoms with E-state index in [4.69, 9.17) is 15.6 Å². The number of ether oxygens (including phenoxy) is 1. The monoisotopic (exact) mass is 330 g/mol. The van der Waals surface area contributed by atoms with Crippen molar-refractivity contribution in [3.05, 3.63) is 42.1 Å². The van der Waals surface area contributed by atoms with Crippen molar-refractivity contribution in [1.82, 2.24) is 4.90 Å². The fourth-order valence-corrected chi connectivity index (χ4v) is 3.19. The lowest BCUT2D eigenvalue weighted by Gasteiger charge is -2.31. The van der Waals surface area contributed by atoms with Gasteiger partial charge in [0.05, 0.1) is 12.3 Å². The minimum absolute atomic E-state index is 0.300. The first-order valence-electron chi connectivity index (χ1n) is 8.95. The van der Waals surface area contributed by atoms with Crippen molar-refractivity contribution >= 4 is 5.70 Å². The van der Waals surface area contributed by atoms with Gasteiger partial charge < -0.3 is 20.5 Å². The molecule has 0 spiro atoms. The van der Waals surface area contributed by atoms with E-state index < -0.39 is 0 Å². The third-order valence-corrected chi connectivity index (χ3v) is 4.72. The van der Waals surface area contributed by atoms with E-state index in [9.17, 15) is 0 Å². The first-order valence-corrected chi connectivity index (χ1v) is 8.95. The Labute approximate surface area is 145 Å². The zero-order chi connectivity index (χ0) is 17.2. The van der Waals surface area contributed by atoms with Gasteiger partial charge in [-0.3, -0.25) is 0 Å². The van der Waals surface area contributed by atoms with E-state index in [0.29, 0.717) is 12.3 Å². The average Bonchev–Trinajstić information content (AvgIpc) is 2.64. The van der Waals surface area contributed by atoms with Crippen LogP contribution in [0.5, 0.6) is 5.75 Å². The second-order valence-electron chi connectivity index (χ2n) is 6.47. The smallest absolute Gasteiger partial charge is 0.119 e. The van der Waals surface area contributed by atoms with Crippen LogP contribution in [0.1, 0.15) is 37.7 Å². The van der Waals surface area contributed by atoms with Crippen LogP contribution >= 0.6 is 0 Å². The van der Waals surface area contributed by atoms with Crippen LogP contribution in [0.3, 0.4) is 0 Å². The Hall–Kier alpha value is -1.74. The molecule has 1 saturated heterocycles. The number of benzene rings is 1. The molecule has 1 aromatic rings. The van der Waals surface area contributed by atoms with Gasteiger partial charge in [-0.05, 0) is 75.4 Å². The topological polar surface area (TPSA) is 58.7 Å². The second-order valence-corrected chi connectivity index (χ2v) is 6.47. The van der Waals surface area contributed by atoms with Crippen LogP contribution in [0, 0.1) is 5.92 Å².